The van der Waals surface area contributed by atoms with Crippen molar-refractivity contribution in [2.24, 2.45) is 11.8 Å². The smallest absolute Gasteiger partial charge is 0.129 e. The van der Waals surface area contributed by atoms with Crippen LogP contribution in [0.4, 0.5) is 4.39 Å². The van der Waals surface area contributed by atoms with Crippen molar-refractivity contribution in [3.8, 4) is 0 Å². The largest absolute Gasteiger partial charge is 0.271 e. The van der Waals surface area contributed by atoms with Gasteiger partial charge < -0.3 is 0 Å². The molecule has 2 rings (SSSR count). The molecule has 3 N–H and O–H groups in total. The van der Waals surface area contributed by atoms with Gasteiger partial charge in [0, 0.05) is 10.6 Å². The minimum atomic E-state index is -0.285. The van der Waals surface area contributed by atoms with E-state index in [2.05, 4.69) is 5.43 Å². The molecule has 1 fully saturated rings. The normalized spacial score (nSPS) is 22.3. The van der Waals surface area contributed by atoms with Crippen molar-refractivity contribution in [2.45, 2.75) is 12.5 Å². The first-order valence-electron chi connectivity index (χ1n) is 5.21. The van der Waals surface area contributed by atoms with E-state index in [9.17, 15) is 4.39 Å². The molecule has 1 heterocycles. The van der Waals surface area contributed by atoms with Gasteiger partial charge in [-0.15, -0.1) is 0 Å². The van der Waals surface area contributed by atoms with Gasteiger partial charge in [-0.25, -0.2) is 4.39 Å². The van der Waals surface area contributed by atoms with Crippen LogP contribution in [0.5, 0.6) is 0 Å². The zero-order chi connectivity index (χ0) is 11.5. The predicted molar refractivity (Wildman–Crippen MR) is 66.9 cm³/mol. The van der Waals surface area contributed by atoms with Crippen LogP contribution in [0.15, 0.2) is 18.2 Å². The van der Waals surface area contributed by atoms with Gasteiger partial charge in [0.1, 0.15) is 5.82 Å². The van der Waals surface area contributed by atoms with Crippen molar-refractivity contribution in [3.05, 3.63) is 34.6 Å². The standard InChI is InChI=1S/C11H14ClFN2S/c12-8-1-2-9(10(13)5-8)11(15-14)7-3-4-16-6-7/h1-2,5,7,11,15H,3-4,6,14H2. The van der Waals surface area contributed by atoms with Gasteiger partial charge >= 0.3 is 0 Å². The summed E-state index contributed by atoms with van der Waals surface area (Å²) in [4.78, 5) is 0. The van der Waals surface area contributed by atoms with Crippen molar-refractivity contribution in [3.63, 3.8) is 0 Å². The lowest BCUT2D eigenvalue weighted by atomic mass is 9.93. The summed E-state index contributed by atoms with van der Waals surface area (Å²) in [5.74, 6) is 7.79. The Balaban J connectivity index is 2.25. The lowest BCUT2D eigenvalue weighted by Crippen LogP contribution is -2.34. The molecule has 88 valence electrons. The summed E-state index contributed by atoms with van der Waals surface area (Å²) in [7, 11) is 0. The number of nitrogens with one attached hydrogen (secondary N) is 1. The van der Waals surface area contributed by atoms with E-state index in [1.807, 2.05) is 11.8 Å². The summed E-state index contributed by atoms with van der Waals surface area (Å²) in [5, 5.41) is 0.415. The molecule has 0 radical (unpaired) electrons. The number of benzene rings is 1. The maximum atomic E-state index is 13.8. The van der Waals surface area contributed by atoms with Crippen molar-refractivity contribution < 1.29 is 4.39 Å². The van der Waals surface area contributed by atoms with Crippen LogP contribution in [0.1, 0.15) is 18.0 Å². The van der Waals surface area contributed by atoms with Gasteiger partial charge in [0.05, 0.1) is 6.04 Å². The predicted octanol–water partition coefficient (Wildman–Crippen LogP) is 2.74. The van der Waals surface area contributed by atoms with E-state index < -0.39 is 0 Å². The van der Waals surface area contributed by atoms with Crippen LogP contribution in [-0.4, -0.2) is 11.5 Å². The third-order valence-electron chi connectivity index (χ3n) is 2.91. The highest BCUT2D eigenvalue weighted by Gasteiger charge is 2.27. The van der Waals surface area contributed by atoms with E-state index in [-0.39, 0.29) is 11.9 Å². The van der Waals surface area contributed by atoms with Crippen LogP contribution in [0, 0.1) is 11.7 Å². The third kappa shape index (κ3) is 2.51. The molecule has 16 heavy (non-hydrogen) atoms. The van der Waals surface area contributed by atoms with E-state index >= 15 is 0 Å². The molecule has 2 nitrogen and oxygen atoms in total. The number of rotatable bonds is 3. The first kappa shape index (κ1) is 12.2. The highest BCUT2D eigenvalue weighted by Crippen LogP contribution is 2.35. The van der Waals surface area contributed by atoms with E-state index in [1.165, 1.54) is 6.07 Å². The molecule has 1 aromatic carbocycles. The molecule has 2 unspecified atom stereocenters. The van der Waals surface area contributed by atoms with Crippen molar-refractivity contribution in [1.82, 2.24) is 5.43 Å². The Labute approximate surface area is 104 Å². The second-order valence-electron chi connectivity index (χ2n) is 3.93. The first-order valence-corrected chi connectivity index (χ1v) is 6.74. The average molecular weight is 261 g/mol. The number of halogens is 2. The number of hydrogen-bond donors (Lipinski definition) is 2. The monoisotopic (exact) mass is 260 g/mol. The summed E-state index contributed by atoms with van der Waals surface area (Å²) in [5.41, 5.74) is 3.33. The Morgan fingerprint density at radius 2 is 2.38 bits per heavy atom. The van der Waals surface area contributed by atoms with Crippen LogP contribution in [0.25, 0.3) is 0 Å². The quantitative estimate of drug-likeness (QED) is 0.648. The number of hydrogen-bond acceptors (Lipinski definition) is 3. The fraction of sp³-hybridized carbons (Fsp3) is 0.455. The fourth-order valence-corrected chi connectivity index (χ4v) is 3.51. The van der Waals surface area contributed by atoms with E-state index in [0.29, 0.717) is 16.5 Å². The molecule has 0 spiro atoms. The molecule has 2 atom stereocenters. The Bertz CT molecular complexity index is 369. The molecule has 1 aliphatic heterocycles. The lowest BCUT2D eigenvalue weighted by molar-refractivity contribution is 0.387. The Kier molecular flexibility index (Phi) is 4.08. The molecular formula is C11H14ClFN2S. The zero-order valence-electron chi connectivity index (χ0n) is 8.75. The van der Waals surface area contributed by atoms with Crippen molar-refractivity contribution >= 4 is 23.4 Å². The molecule has 1 aliphatic rings. The number of thioether (sulfide) groups is 1. The Morgan fingerprint density at radius 3 is 2.94 bits per heavy atom. The summed E-state index contributed by atoms with van der Waals surface area (Å²) in [6.45, 7) is 0. The Morgan fingerprint density at radius 1 is 1.56 bits per heavy atom. The van der Waals surface area contributed by atoms with Gasteiger partial charge in [-0.05, 0) is 36.0 Å². The first-order chi connectivity index (χ1) is 7.72. The van der Waals surface area contributed by atoms with Gasteiger partial charge in [0.2, 0.25) is 0 Å². The molecule has 0 saturated carbocycles. The van der Waals surface area contributed by atoms with Crippen LogP contribution < -0.4 is 11.3 Å². The number of nitrogens with two attached hydrogens (primary N) is 1. The Hall–Kier alpha value is -0.290. The second kappa shape index (κ2) is 5.36. The lowest BCUT2D eigenvalue weighted by Gasteiger charge is -2.22. The average Bonchev–Trinajstić information content (AvgIpc) is 2.75. The molecule has 1 aromatic rings. The van der Waals surface area contributed by atoms with Crippen molar-refractivity contribution in [2.75, 3.05) is 11.5 Å². The summed E-state index contributed by atoms with van der Waals surface area (Å²) >= 11 is 7.61. The topological polar surface area (TPSA) is 38.0 Å². The minimum absolute atomic E-state index is 0.118. The van der Waals surface area contributed by atoms with Gasteiger partial charge in [0.15, 0.2) is 0 Å². The van der Waals surface area contributed by atoms with E-state index in [0.717, 1.165) is 17.9 Å². The molecule has 0 bridgehead atoms. The summed E-state index contributed by atoms with van der Waals surface area (Å²) < 4.78 is 13.8. The maximum Gasteiger partial charge on any atom is 0.129 e. The zero-order valence-corrected chi connectivity index (χ0v) is 10.3. The van der Waals surface area contributed by atoms with Gasteiger partial charge in [-0.3, -0.25) is 11.3 Å². The highest BCUT2D eigenvalue weighted by molar-refractivity contribution is 7.99. The fourth-order valence-electron chi connectivity index (χ4n) is 2.05. The highest BCUT2D eigenvalue weighted by atomic mass is 35.5. The molecule has 5 heteroatoms. The molecule has 0 aromatic heterocycles. The maximum absolute atomic E-state index is 13.8. The molecule has 1 saturated heterocycles. The molecule has 0 aliphatic carbocycles. The van der Waals surface area contributed by atoms with Gasteiger partial charge in [0.25, 0.3) is 0 Å². The van der Waals surface area contributed by atoms with Crippen molar-refractivity contribution in [1.29, 1.82) is 0 Å². The second-order valence-corrected chi connectivity index (χ2v) is 5.52. The van der Waals surface area contributed by atoms with Crippen LogP contribution in [0.2, 0.25) is 5.02 Å². The SMILES string of the molecule is NNC(c1ccc(Cl)cc1F)C1CCSC1. The summed E-state index contributed by atoms with van der Waals surface area (Å²) in [6, 6.07) is 4.63. The molecular weight excluding hydrogens is 247 g/mol. The van der Waals surface area contributed by atoms with Crippen LogP contribution >= 0.6 is 23.4 Å². The minimum Gasteiger partial charge on any atom is -0.271 e. The van der Waals surface area contributed by atoms with Gasteiger partial charge in [-0.1, -0.05) is 17.7 Å². The van der Waals surface area contributed by atoms with Gasteiger partial charge in [-0.2, -0.15) is 11.8 Å². The van der Waals surface area contributed by atoms with E-state index in [1.54, 1.807) is 12.1 Å². The van der Waals surface area contributed by atoms with Crippen LogP contribution in [0.3, 0.4) is 0 Å². The molecule has 0 amide bonds. The van der Waals surface area contributed by atoms with E-state index in [4.69, 9.17) is 17.4 Å². The summed E-state index contributed by atoms with van der Waals surface area (Å²) in [6.07, 6.45) is 1.07. The third-order valence-corrected chi connectivity index (χ3v) is 4.34. The van der Waals surface area contributed by atoms with Crippen LogP contribution in [-0.2, 0) is 0 Å². The number of hydrazine groups is 1.